The van der Waals surface area contributed by atoms with Gasteiger partial charge in [-0.05, 0) is 49.4 Å². The molecule has 0 aromatic heterocycles. The third-order valence-corrected chi connectivity index (χ3v) is 4.95. The molecular weight excluding hydrogens is 286 g/mol. The largest absolute Gasteiger partial charge is 0.310 e. The molecule has 0 amide bonds. The zero-order valence-electron chi connectivity index (χ0n) is 11.5. The van der Waals surface area contributed by atoms with Crippen molar-refractivity contribution in [3.05, 3.63) is 33.8 Å². The van der Waals surface area contributed by atoms with Crippen molar-refractivity contribution in [3.63, 3.8) is 0 Å². The van der Waals surface area contributed by atoms with E-state index in [0.29, 0.717) is 6.04 Å². The second kappa shape index (κ2) is 6.72. The van der Waals surface area contributed by atoms with E-state index in [2.05, 4.69) is 53.3 Å². The van der Waals surface area contributed by atoms with Gasteiger partial charge in [0.1, 0.15) is 0 Å². The summed E-state index contributed by atoms with van der Waals surface area (Å²) >= 11 is 3.66. The van der Waals surface area contributed by atoms with Crippen LogP contribution in [0.4, 0.5) is 0 Å². The van der Waals surface area contributed by atoms with Gasteiger partial charge in [0.15, 0.2) is 0 Å². The SMILES string of the molecule is CCNC(c1ccc(C)c(Br)c1)C1CCCCC1. The maximum atomic E-state index is 3.69. The average molecular weight is 310 g/mol. The lowest BCUT2D eigenvalue weighted by Gasteiger charge is -2.31. The highest BCUT2D eigenvalue weighted by atomic mass is 79.9. The predicted molar refractivity (Wildman–Crippen MR) is 81.9 cm³/mol. The molecular formula is C16H24BrN. The van der Waals surface area contributed by atoms with Crippen LogP contribution in [0, 0.1) is 12.8 Å². The molecule has 1 aliphatic carbocycles. The standard InChI is InChI=1S/C16H24BrN/c1-3-18-16(13-7-5-4-6-8-13)14-10-9-12(2)15(17)11-14/h9-11,13,16,18H,3-8H2,1-2H3. The molecule has 1 saturated carbocycles. The van der Waals surface area contributed by atoms with Crippen LogP contribution in [0.1, 0.15) is 56.2 Å². The van der Waals surface area contributed by atoms with E-state index in [1.54, 1.807) is 0 Å². The number of hydrogen-bond donors (Lipinski definition) is 1. The first-order chi connectivity index (χ1) is 8.72. The molecule has 1 N–H and O–H groups in total. The summed E-state index contributed by atoms with van der Waals surface area (Å²) in [6, 6.07) is 7.36. The molecule has 1 nitrogen and oxygen atoms in total. The normalized spacial score (nSPS) is 18.8. The molecule has 1 aromatic carbocycles. The first kappa shape index (κ1) is 14.1. The number of rotatable bonds is 4. The van der Waals surface area contributed by atoms with Gasteiger partial charge in [-0.25, -0.2) is 0 Å². The maximum Gasteiger partial charge on any atom is 0.0348 e. The Kier molecular flexibility index (Phi) is 5.25. The van der Waals surface area contributed by atoms with Crippen LogP contribution in [0.3, 0.4) is 0 Å². The molecule has 18 heavy (non-hydrogen) atoms. The zero-order chi connectivity index (χ0) is 13.0. The first-order valence-corrected chi connectivity index (χ1v) is 8.01. The topological polar surface area (TPSA) is 12.0 Å². The van der Waals surface area contributed by atoms with Crippen molar-refractivity contribution in [2.75, 3.05) is 6.54 Å². The Hall–Kier alpha value is -0.340. The molecule has 1 fully saturated rings. The molecule has 1 unspecified atom stereocenters. The van der Waals surface area contributed by atoms with E-state index < -0.39 is 0 Å². The fraction of sp³-hybridized carbons (Fsp3) is 0.625. The summed E-state index contributed by atoms with van der Waals surface area (Å²) in [6.07, 6.45) is 6.98. The lowest BCUT2D eigenvalue weighted by Crippen LogP contribution is -2.29. The van der Waals surface area contributed by atoms with E-state index in [0.717, 1.165) is 12.5 Å². The van der Waals surface area contributed by atoms with Crippen LogP contribution in [-0.4, -0.2) is 6.54 Å². The Morgan fingerprint density at radius 1 is 1.28 bits per heavy atom. The van der Waals surface area contributed by atoms with Gasteiger partial charge in [0.25, 0.3) is 0 Å². The summed E-state index contributed by atoms with van der Waals surface area (Å²) in [6.45, 7) is 5.41. The van der Waals surface area contributed by atoms with Gasteiger partial charge in [-0.1, -0.05) is 54.2 Å². The second-order valence-corrected chi connectivity index (χ2v) is 6.30. The summed E-state index contributed by atoms with van der Waals surface area (Å²) in [4.78, 5) is 0. The monoisotopic (exact) mass is 309 g/mol. The summed E-state index contributed by atoms with van der Waals surface area (Å²) in [5, 5.41) is 3.69. The summed E-state index contributed by atoms with van der Waals surface area (Å²) in [5.74, 6) is 0.813. The molecule has 0 heterocycles. The van der Waals surface area contributed by atoms with Gasteiger partial charge in [-0.15, -0.1) is 0 Å². The molecule has 2 rings (SSSR count). The van der Waals surface area contributed by atoms with Crippen LogP contribution in [0.25, 0.3) is 0 Å². The summed E-state index contributed by atoms with van der Waals surface area (Å²) in [7, 11) is 0. The van der Waals surface area contributed by atoms with Crippen LogP contribution in [0.5, 0.6) is 0 Å². The minimum Gasteiger partial charge on any atom is -0.310 e. The highest BCUT2D eigenvalue weighted by molar-refractivity contribution is 9.10. The number of aryl methyl sites for hydroxylation is 1. The van der Waals surface area contributed by atoms with E-state index in [4.69, 9.17) is 0 Å². The highest BCUT2D eigenvalue weighted by Gasteiger charge is 2.24. The molecule has 0 saturated heterocycles. The van der Waals surface area contributed by atoms with Crippen molar-refractivity contribution < 1.29 is 0 Å². The fourth-order valence-electron chi connectivity index (χ4n) is 3.05. The fourth-order valence-corrected chi connectivity index (χ4v) is 3.44. The summed E-state index contributed by atoms with van der Waals surface area (Å²) in [5.41, 5.74) is 2.76. The third-order valence-electron chi connectivity index (χ3n) is 4.10. The molecule has 2 heteroatoms. The zero-order valence-corrected chi connectivity index (χ0v) is 13.1. The first-order valence-electron chi connectivity index (χ1n) is 7.21. The van der Waals surface area contributed by atoms with Crippen LogP contribution >= 0.6 is 15.9 Å². The van der Waals surface area contributed by atoms with Gasteiger partial charge < -0.3 is 5.32 Å². The van der Waals surface area contributed by atoms with E-state index in [1.165, 1.54) is 47.7 Å². The van der Waals surface area contributed by atoms with Gasteiger partial charge in [0.05, 0.1) is 0 Å². The molecule has 100 valence electrons. The van der Waals surface area contributed by atoms with Crippen LogP contribution in [0.2, 0.25) is 0 Å². The van der Waals surface area contributed by atoms with Crippen molar-refractivity contribution in [1.82, 2.24) is 5.32 Å². The Balaban J connectivity index is 2.19. The van der Waals surface area contributed by atoms with Gasteiger partial charge in [-0.2, -0.15) is 0 Å². The van der Waals surface area contributed by atoms with Crippen LogP contribution in [-0.2, 0) is 0 Å². The summed E-state index contributed by atoms with van der Waals surface area (Å²) < 4.78 is 1.23. The van der Waals surface area contributed by atoms with Gasteiger partial charge >= 0.3 is 0 Å². The molecule has 0 bridgehead atoms. The van der Waals surface area contributed by atoms with Gasteiger partial charge in [-0.3, -0.25) is 0 Å². The number of hydrogen-bond acceptors (Lipinski definition) is 1. The van der Waals surface area contributed by atoms with E-state index in [1.807, 2.05) is 0 Å². The van der Waals surface area contributed by atoms with Crippen LogP contribution < -0.4 is 5.32 Å². The Labute approximate surface area is 119 Å². The smallest absolute Gasteiger partial charge is 0.0348 e. The van der Waals surface area contributed by atoms with Crippen molar-refractivity contribution in [2.24, 2.45) is 5.92 Å². The maximum absolute atomic E-state index is 3.69. The average Bonchev–Trinajstić information content (AvgIpc) is 2.40. The van der Waals surface area contributed by atoms with Crippen molar-refractivity contribution in [3.8, 4) is 0 Å². The molecule has 1 aromatic rings. The lowest BCUT2D eigenvalue weighted by molar-refractivity contribution is 0.274. The van der Waals surface area contributed by atoms with E-state index >= 15 is 0 Å². The molecule has 1 atom stereocenters. The molecule has 0 spiro atoms. The van der Waals surface area contributed by atoms with Gasteiger partial charge in [0.2, 0.25) is 0 Å². The predicted octanol–water partition coefficient (Wildman–Crippen LogP) is 4.99. The van der Waals surface area contributed by atoms with Crippen molar-refractivity contribution in [1.29, 1.82) is 0 Å². The van der Waals surface area contributed by atoms with Crippen LogP contribution in [0.15, 0.2) is 22.7 Å². The second-order valence-electron chi connectivity index (χ2n) is 5.44. The molecule has 0 aliphatic heterocycles. The quantitative estimate of drug-likeness (QED) is 0.826. The van der Waals surface area contributed by atoms with E-state index in [-0.39, 0.29) is 0 Å². The van der Waals surface area contributed by atoms with Crippen molar-refractivity contribution >= 4 is 15.9 Å². The molecule has 0 radical (unpaired) electrons. The Morgan fingerprint density at radius 3 is 2.61 bits per heavy atom. The Morgan fingerprint density at radius 2 is 2.00 bits per heavy atom. The van der Waals surface area contributed by atoms with Gasteiger partial charge in [0, 0.05) is 10.5 Å². The minimum atomic E-state index is 0.534. The molecule has 1 aliphatic rings. The van der Waals surface area contributed by atoms with Crippen molar-refractivity contribution in [2.45, 2.75) is 52.0 Å². The number of halogens is 1. The minimum absolute atomic E-state index is 0.534. The number of nitrogens with one attached hydrogen (secondary N) is 1. The lowest BCUT2D eigenvalue weighted by atomic mass is 9.81. The number of benzene rings is 1. The highest BCUT2D eigenvalue weighted by Crippen LogP contribution is 2.35. The third kappa shape index (κ3) is 3.36. The van der Waals surface area contributed by atoms with E-state index in [9.17, 15) is 0 Å². The Bertz CT molecular complexity index is 383.